The van der Waals surface area contributed by atoms with Crippen LogP contribution < -0.4 is 4.90 Å². The zero-order chi connectivity index (χ0) is 22.2. The smallest absolute Gasteiger partial charge is 0.227 e. The van der Waals surface area contributed by atoms with Crippen LogP contribution in [-0.4, -0.2) is 22.0 Å². The van der Waals surface area contributed by atoms with Gasteiger partial charge in [0.05, 0.1) is 11.0 Å². The van der Waals surface area contributed by atoms with Crippen LogP contribution in [-0.2, 0) is 11.3 Å². The molecule has 1 amide bonds. The summed E-state index contributed by atoms with van der Waals surface area (Å²) in [5.74, 6) is 1.76. The Hall–Kier alpha value is -3.40. The highest BCUT2D eigenvalue weighted by Gasteiger charge is 2.34. The maximum absolute atomic E-state index is 12.9. The van der Waals surface area contributed by atoms with Crippen LogP contribution in [0.2, 0.25) is 0 Å². The van der Waals surface area contributed by atoms with Gasteiger partial charge in [-0.3, -0.25) is 4.79 Å². The van der Waals surface area contributed by atoms with Gasteiger partial charge < -0.3 is 9.47 Å². The van der Waals surface area contributed by atoms with Crippen LogP contribution in [0.25, 0.3) is 11.0 Å². The number of hydrogen-bond donors (Lipinski definition) is 0. The van der Waals surface area contributed by atoms with Crippen molar-refractivity contribution in [2.75, 3.05) is 11.4 Å². The number of benzene rings is 3. The van der Waals surface area contributed by atoms with Gasteiger partial charge in [-0.2, -0.15) is 0 Å². The first-order valence-electron chi connectivity index (χ1n) is 11.4. The van der Waals surface area contributed by atoms with Crippen LogP contribution in [0.1, 0.15) is 54.6 Å². The molecule has 162 valence electrons. The maximum Gasteiger partial charge on any atom is 0.227 e. The number of imidazole rings is 1. The van der Waals surface area contributed by atoms with Crippen LogP contribution in [0, 0.1) is 6.92 Å². The average Bonchev–Trinajstić information content (AvgIpc) is 3.35. The maximum atomic E-state index is 12.9. The summed E-state index contributed by atoms with van der Waals surface area (Å²) in [6.07, 6.45) is 0.490. The van der Waals surface area contributed by atoms with E-state index >= 15 is 0 Å². The summed E-state index contributed by atoms with van der Waals surface area (Å²) in [7, 11) is 0. The number of para-hydroxylation sites is 2. The van der Waals surface area contributed by atoms with Crippen molar-refractivity contribution in [3.8, 4) is 0 Å². The molecule has 4 aromatic rings. The lowest BCUT2D eigenvalue weighted by Crippen LogP contribution is -2.24. The molecule has 3 aromatic carbocycles. The first kappa shape index (κ1) is 20.5. The molecule has 1 saturated heterocycles. The quantitative estimate of drug-likeness (QED) is 0.393. The molecular formula is C28H29N3O. The van der Waals surface area contributed by atoms with Crippen LogP contribution >= 0.6 is 0 Å². The van der Waals surface area contributed by atoms with Gasteiger partial charge in [0.1, 0.15) is 5.82 Å². The third-order valence-electron chi connectivity index (χ3n) is 6.51. The molecule has 1 aliphatic rings. The van der Waals surface area contributed by atoms with E-state index in [1.807, 2.05) is 23.1 Å². The van der Waals surface area contributed by atoms with Crippen molar-refractivity contribution in [2.45, 2.75) is 45.6 Å². The van der Waals surface area contributed by atoms with Gasteiger partial charge in [0.15, 0.2) is 0 Å². The first-order chi connectivity index (χ1) is 15.5. The SMILES string of the molecule is Cc1ccc(N2CC(c3nc4ccccc4n3Cc3ccc(C(C)C)cc3)CC2=O)cc1. The molecule has 1 atom stereocenters. The lowest BCUT2D eigenvalue weighted by atomic mass is 10.0. The lowest BCUT2D eigenvalue weighted by Gasteiger charge is -2.18. The Balaban J connectivity index is 1.49. The molecule has 1 fully saturated rings. The van der Waals surface area contributed by atoms with Crippen molar-refractivity contribution in [2.24, 2.45) is 0 Å². The lowest BCUT2D eigenvalue weighted by molar-refractivity contribution is -0.117. The summed E-state index contributed by atoms with van der Waals surface area (Å²) in [6, 6.07) is 25.3. The Morgan fingerprint density at radius 2 is 1.69 bits per heavy atom. The number of carbonyl (C=O) groups is 1. The largest absolute Gasteiger partial charge is 0.323 e. The summed E-state index contributed by atoms with van der Waals surface area (Å²) in [4.78, 5) is 19.8. The van der Waals surface area contributed by atoms with Crippen molar-refractivity contribution >= 4 is 22.6 Å². The Kier molecular flexibility index (Phi) is 5.30. The van der Waals surface area contributed by atoms with E-state index in [9.17, 15) is 4.79 Å². The molecule has 2 heterocycles. The number of hydrogen-bond acceptors (Lipinski definition) is 2. The van der Waals surface area contributed by atoms with E-state index in [-0.39, 0.29) is 11.8 Å². The van der Waals surface area contributed by atoms with E-state index in [4.69, 9.17) is 4.98 Å². The average molecular weight is 424 g/mol. The van der Waals surface area contributed by atoms with Crippen molar-refractivity contribution in [1.29, 1.82) is 0 Å². The van der Waals surface area contributed by atoms with E-state index in [1.165, 1.54) is 16.7 Å². The molecular weight excluding hydrogens is 394 g/mol. The van der Waals surface area contributed by atoms with Crippen molar-refractivity contribution < 1.29 is 4.79 Å². The third kappa shape index (κ3) is 3.81. The predicted octanol–water partition coefficient (Wildman–Crippen LogP) is 6.04. The number of rotatable bonds is 5. The highest BCUT2D eigenvalue weighted by Crippen LogP contribution is 2.33. The number of amides is 1. The molecule has 32 heavy (non-hydrogen) atoms. The summed E-state index contributed by atoms with van der Waals surface area (Å²) >= 11 is 0. The standard InChI is InChI=1S/C28H29N3O/c1-19(2)22-12-10-21(11-13-22)17-31-26-7-5-4-6-25(26)29-28(31)23-16-27(32)30(18-23)24-14-8-20(3)9-15-24/h4-15,19,23H,16-18H2,1-3H3. The summed E-state index contributed by atoms with van der Waals surface area (Å²) in [5, 5.41) is 0. The van der Waals surface area contributed by atoms with Crippen LogP contribution in [0.4, 0.5) is 5.69 Å². The zero-order valence-electron chi connectivity index (χ0n) is 19.0. The Bertz CT molecular complexity index is 1250. The molecule has 0 N–H and O–H groups in total. The van der Waals surface area contributed by atoms with Gasteiger partial charge in [-0.25, -0.2) is 4.98 Å². The number of nitrogens with zero attached hydrogens (tertiary/aromatic N) is 3. The van der Waals surface area contributed by atoms with Gasteiger partial charge in [-0.15, -0.1) is 0 Å². The highest BCUT2D eigenvalue weighted by molar-refractivity contribution is 5.96. The third-order valence-corrected chi connectivity index (χ3v) is 6.51. The number of anilines is 1. The minimum absolute atomic E-state index is 0.0751. The molecule has 1 unspecified atom stereocenters. The highest BCUT2D eigenvalue weighted by atomic mass is 16.2. The summed E-state index contributed by atoms with van der Waals surface area (Å²) < 4.78 is 2.30. The van der Waals surface area contributed by atoms with Gasteiger partial charge in [0, 0.05) is 31.1 Å². The van der Waals surface area contributed by atoms with Crippen LogP contribution in [0.5, 0.6) is 0 Å². The minimum Gasteiger partial charge on any atom is -0.323 e. The zero-order valence-corrected chi connectivity index (χ0v) is 19.0. The molecule has 0 aliphatic carbocycles. The normalized spacial score (nSPS) is 16.4. The van der Waals surface area contributed by atoms with E-state index in [1.54, 1.807) is 0 Å². The van der Waals surface area contributed by atoms with Crippen molar-refractivity contribution in [3.05, 3.63) is 95.3 Å². The Labute approximate surface area is 189 Å². The van der Waals surface area contributed by atoms with Gasteiger partial charge in [0.2, 0.25) is 5.91 Å². The molecule has 0 spiro atoms. The number of aryl methyl sites for hydroxylation is 1. The molecule has 1 aromatic heterocycles. The van der Waals surface area contributed by atoms with Gasteiger partial charge in [-0.1, -0.05) is 67.9 Å². The molecule has 4 heteroatoms. The summed E-state index contributed by atoms with van der Waals surface area (Å²) in [5.41, 5.74) is 6.87. The summed E-state index contributed by atoms with van der Waals surface area (Å²) in [6.45, 7) is 7.91. The predicted molar refractivity (Wildman–Crippen MR) is 130 cm³/mol. The van der Waals surface area contributed by atoms with E-state index in [0.717, 1.165) is 29.1 Å². The molecule has 0 radical (unpaired) electrons. The number of carbonyl (C=O) groups excluding carboxylic acids is 1. The van der Waals surface area contributed by atoms with Crippen molar-refractivity contribution in [3.63, 3.8) is 0 Å². The monoisotopic (exact) mass is 423 g/mol. The van der Waals surface area contributed by atoms with E-state index in [2.05, 4.69) is 79.9 Å². The molecule has 0 saturated carbocycles. The molecule has 4 nitrogen and oxygen atoms in total. The molecule has 0 bridgehead atoms. The topological polar surface area (TPSA) is 38.1 Å². The Morgan fingerprint density at radius 1 is 0.969 bits per heavy atom. The second-order valence-corrected chi connectivity index (χ2v) is 9.18. The Morgan fingerprint density at radius 3 is 2.41 bits per heavy atom. The van der Waals surface area contributed by atoms with Crippen LogP contribution in [0.15, 0.2) is 72.8 Å². The minimum atomic E-state index is 0.0751. The fraction of sp³-hybridized carbons (Fsp3) is 0.286. The molecule has 5 rings (SSSR count). The fourth-order valence-corrected chi connectivity index (χ4v) is 4.62. The number of fused-ring (bicyclic) bond motifs is 1. The second kappa shape index (κ2) is 8.27. The van der Waals surface area contributed by atoms with E-state index in [0.29, 0.717) is 18.9 Å². The van der Waals surface area contributed by atoms with Crippen LogP contribution in [0.3, 0.4) is 0 Å². The van der Waals surface area contributed by atoms with Gasteiger partial charge >= 0.3 is 0 Å². The van der Waals surface area contributed by atoms with Crippen molar-refractivity contribution in [1.82, 2.24) is 9.55 Å². The van der Waals surface area contributed by atoms with Gasteiger partial charge in [-0.05, 0) is 48.2 Å². The van der Waals surface area contributed by atoms with E-state index < -0.39 is 0 Å². The fourth-order valence-electron chi connectivity index (χ4n) is 4.62. The molecule has 1 aliphatic heterocycles. The second-order valence-electron chi connectivity index (χ2n) is 9.18. The van der Waals surface area contributed by atoms with Gasteiger partial charge in [0.25, 0.3) is 0 Å². The number of aromatic nitrogens is 2. The first-order valence-corrected chi connectivity index (χ1v) is 11.4.